The van der Waals surface area contributed by atoms with Crippen LogP contribution in [-0.4, -0.2) is 138 Å². The van der Waals surface area contributed by atoms with Crippen molar-refractivity contribution < 1.29 is 66.1 Å². The quantitative estimate of drug-likeness (QED) is 0.0960. The normalized spacial score (nSPS) is 22.2. The second-order valence-corrected chi connectivity index (χ2v) is 24.6. The molecule has 1 spiro atoms. The smallest absolute Gasteiger partial charge is 0.399 e. The monoisotopic (exact) mass is 1090 g/mol. The topological polar surface area (TPSA) is 225 Å². The summed E-state index contributed by atoms with van der Waals surface area (Å²) in [7, 11) is -4.35. The van der Waals surface area contributed by atoms with Crippen molar-refractivity contribution in [2.75, 3.05) is 64.5 Å². The molecular formula is C54H65F2N6O12PS. The summed E-state index contributed by atoms with van der Waals surface area (Å²) in [6.07, 6.45) is 4.94. The molecule has 5 fully saturated rings. The van der Waals surface area contributed by atoms with Crippen molar-refractivity contribution in [3.05, 3.63) is 94.4 Å². The predicted octanol–water partition coefficient (Wildman–Crippen LogP) is 7.43. The maximum absolute atomic E-state index is 15.0. The molecule has 18 nitrogen and oxygen atoms in total. The summed E-state index contributed by atoms with van der Waals surface area (Å²) in [6, 6.07) is 16.5. The molecule has 22 heteroatoms. The van der Waals surface area contributed by atoms with E-state index < -0.39 is 60.3 Å². The maximum Gasteiger partial charge on any atom is 0.399 e. The lowest BCUT2D eigenvalue weighted by Gasteiger charge is -2.46. The van der Waals surface area contributed by atoms with Crippen LogP contribution in [0.5, 0.6) is 5.75 Å². The fraction of sp³-hybridized carbons (Fsp3) is 0.519. The van der Waals surface area contributed by atoms with Crippen LogP contribution in [0.3, 0.4) is 0 Å². The van der Waals surface area contributed by atoms with Crippen LogP contribution in [0.15, 0.2) is 72.8 Å². The average Bonchev–Trinajstić information content (AvgIpc) is 4.05. The summed E-state index contributed by atoms with van der Waals surface area (Å²) in [5, 5.41) is 5.38. The van der Waals surface area contributed by atoms with Gasteiger partial charge in [-0.05, 0) is 103 Å². The van der Waals surface area contributed by atoms with E-state index in [1.54, 1.807) is 43.9 Å². The molecule has 0 bridgehead atoms. The zero-order valence-corrected chi connectivity index (χ0v) is 44.7. The van der Waals surface area contributed by atoms with Crippen molar-refractivity contribution >= 4 is 70.3 Å². The van der Waals surface area contributed by atoms with Crippen LogP contribution in [0.4, 0.5) is 19.3 Å². The molecule has 76 heavy (non-hydrogen) atoms. The van der Waals surface area contributed by atoms with E-state index in [0.29, 0.717) is 54.5 Å². The lowest BCUT2D eigenvalue weighted by atomic mass is 9.65. The van der Waals surface area contributed by atoms with Gasteiger partial charge in [-0.3, -0.25) is 38.8 Å². The molecule has 4 aliphatic heterocycles. The Morgan fingerprint density at radius 3 is 2.32 bits per heavy atom. The number of nitrogens with one attached hydrogen (secondary N) is 2. The molecule has 9 rings (SSSR count). The second-order valence-electron chi connectivity index (χ2n) is 21.9. The minimum absolute atomic E-state index is 0.0756. The molecule has 7 amide bonds. The van der Waals surface area contributed by atoms with Crippen molar-refractivity contribution in [1.29, 1.82) is 0 Å². The molecule has 408 valence electrons. The highest BCUT2D eigenvalue weighted by molar-refractivity contribution is 7.52. The van der Waals surface area contributed by atoms with Gasteiger partial charge in [-0.25, -0.2) is 4.79 Å². The third-order valence-corrected chi connectivity index (χ3v) is 17.9. The number of benzene rings is 3. The molecule has 4 aromatic rings. The number of piperidine rings is 1. The molecule has 0 radical (unpaired) electrons. The Morgan fingerprint density at radius 2 is 1.64 bits per heavy atom. The molecule has 1 aliphatic carbocycles. The highest BCUT2D eigenvalue weighted by Gasteiger charge is 2.51. The van der Waals surface area contributed by atoms with Gasteiger partial charge in [-0.1, -0.05) is 57.2 Å². The number of halogens is 2. The summed E-state index contributed by atoms with van der Waals surface area (Å²) in [4.78, 5) is 107. The third-order valence-electron chi connectivity index (χ3n) is 15.8. The number of morpholine rings is 1. The minimum atomic E-state index is -5.84. The largest absolute Gasteiger partial charge is 0.495 e. The van der Waals surface area contributed by atoms with Crippen LogP contribution < -0.4 is 20.3 Å². The second kappa shape index (κ2) is 21.9. The molecule has 1 aromatic heterocycles. The molecule has 4 N–H and O–H groups in total. The van der Waals surface area contributed by atoms with Gasteiger partial charge in [-0.15, -0.1) is 11.3 Å². The van der Waals surface area contributed by atoms with Crippen LogP contribution in [0.1, 0.15) is 109 Å². The highest BCUT2D eigenvalue weighted by atomic mass is 32.1. The molecule has 5 aliphatic rings. The van der Waals surface area contributed by atoms with Crippen molar-refractivity contribution in [1.82, 2.24) is 25.3 Å². The zero-order valence-electron chi connectivity index (χ0n) is 43.0. The van der Waals surface area contributed by atoms with E-state index in [1.807, 2.05) is 35.2 Å². The lowest BCUT2D eigenvalue weighted by Crippen LogP contribution is -2.58. The van der Waals surface area contributed by atoms with Gasteiger partial charge < -0.3 is 44.0 Å². The molecule has 1 unspecified atom stereocenters. The van der Waals surface area contributed by atoms with Gasteiger partial charge in [0.25, 0.3) is 11.8 Å². The van der Waals surface area contributed by atoms with Gasteiger partial charge in [0.2, 0.25) is 17.7 Å². The van der Waals surface area contributed by atoms with E-state index >= 15 is 4.79 Å². The number of urea groups is 1. The number of hydrogen-bond donors (Lipinski definition) is 4. The molecule has 3 aromatic carbocycles. The number of imide groups is 1. The Labute approximate surface area is 443 Å². The number of hydrogen-bond acceptors (Lipinski definition) is 11. The first-order valence-electron chi connectivity index (χ1n) is 25.8. The van der Waals surface area contributed by atoms with E-state index in [9.17, 15) is 47.1 Å². The third kappa shape index (κ3) is 11.6. The number of amides is 7. The van der Waals surface area contributed by atoms with E-state index in [-0.39, 0.29) is 77.9 Å². The van der Waals surface area contributed by atoms with Crippen molar-refractivity contribution in [3.63, 3.8) is 0 Å². The number of thiophene rings is 1. The van der Waals surface area contributed by atoms with E-state index in [0.717, 1.165) is 67.6 Å². The maximum atomic E-state index is 15.0. The number of rotatable bonds is 13. The summed E-state index contributed by atoms with van der Waals surface area (Å²) in [6.45, 7) is 8.15. The molecule has 4 atom stereocenters. The van der Waals surface area contributed by atoms with Crippen molar-refractivity contribution in [2.24, 2.45) is 16.7 Å². The van der Waals surface area contributed by atoms with Gasteiger partial charge in [0.05, 0.1) is 36.9 Å². The number of methoxy groups -OCH3 is 1. The van der Waals surface area contributed by atoms with Gasteiger partial charge >= 0.3 is 19.3 Å². The highest BCUT2D eigenvalue weighted by Crippen LogP contribution is 2.59. The number of ether oxygens (including phenoxy) is 3. The van der Waals surface area contributed by atoms with E-state index in [4.69, 9.17) is 14.2 Å². The number of alkyl halides is 2. The number of nitrogens with zero attached hydrogens (tertiary/aromatic N) is 4. The SMILES string of the molecule is COc1ccc(C(=O)N2CCC3(CCC(CO[C@H]4CC(C(=O)N5CCO[C@H](c6ccccc6)C5)N(C(=O)[C@@H](NC(=O)c5cc6cc(C(F)(F)P(=O)(O)O)ccc6s5)C(C)(C)C)C4)CC3)CC2)cc1N1CCC(=O)NC1=O. The zero-order chi connectivity index (χ0) is 54.3. The summed E-state index contributed by atoms with van der Waals surface area (Å²) < 4.78 is 59.5. The Hall–Kier alpha value is -5.83. The Kier molecular flexibility index (Phi) is 15.8. The fourth-order valence-electron chi connectivity index (χ4n) is 11.3. The number of likely N-dealkylation sites (tertiary alicyclic amines) is 2. The molecule has 5 heterocycles. The standard InChI is InChI=1S/C54H65F2N6O12PS/c1-52(2,3)46(58-47(64)44-28-36-26-37(11-13-43(36)76-44)54(55,56)75(69,70)71)50(67)62-30-38(29-40(62)49(66)60-24-25-73-42(31-60)34-8-6-5-7-9-34)74-32-33-14-17-53(18-15-33)19-22-59(23-20-53)48(65)35-10-12-41(72-4)39(27-35)61-21-16-45(63)57-51(61)68/h5-13,26-28,33,38,40,42,46H,14-25,29-32H2,1-4H3,(H,58,64)(H,57,63,68)(H2,69,70,71)/t38-,40?,42-,46+/m0/s1. The van der Waals surface area contributed by atoms with E-state index in [2.05, 4.69) is 10.6 Å². The first kappa shape index (κ1) is 54.9. The average molecular weight is 1090 g/mol. The first-order valence-corrected chi connectivity index (χ1v) is 28.2. The van der Waals surface area contributed by atoms with Crippen LogP contribution in [0.2, 0.25) is 0 Å². The van der Waals surface area contributed by atoms with Gasteiger partial charge in [0.15, 0.2) is 0 Å². The minimum Gasteiger partial charge on any atom is -0.495 e. The van der Waals surface area contributed by atoms with E-state index in [1.165, 1.54) is 29.0 Å². The number of carbonyl (C=O) groups is 6. The predicted molar refractivity (Wildman–Crippen MR) is 278 cm³/mol. The Bertz CT molecular complexity index is 2910. The number of anilines is 1. The van der Waals surface area contributed by atoms with Crippen molar-refractivity contribution in [2.45, 2.75) is 102 Å². The summed E-state index contributed by atoms with van der Waals surface area (Å²) in [5.74, 6) is -1.23. The van der Waals surface area contributed by atoms with Crippen LogP contribution in [0, 0.1) is 16.7 Å². The summed E-state index contributed by atoms with van der Waals surface area (Å²) >= 11 is 0.978. The number of carbonyl (C=O) groups excluding carboxylic acids is 6. The van der Waals surface area contributed by atoms with Crippen LogP contribution in [0.25, 0.3) is 10.1 Å². The van der Waals surface area contributed by atoms with Gasteiger partial charge in [0.1, 0.15) is 23.9 Å². The molecule has 1 saturated carbocycles. The lowest BCUT2D eigenvalue weighted by molar-refractivity contribution is -0.150. The first-order chi connectivity index (χ1) is 36.0. The van der Waals surface area contributed by atoms with Crippen LogP contribution >= 0.6 is 18.9 Å². The molecular weight excluding hydrogens is 1030 g/mol. The van der Waals surface area contributed by atoms with Crippen molar-refractivity contribution in [3.8, 4) is 5.75 Å². The Morgan fingerprint density at radius 1 is 0.921 bits per heavy atom. The van der Waals surface area contributed by atoms with Gasteiger partial charge in [-0.2, -0.15) is 8.78 Å². The Balaban J connectivity index is 0.850. The summed E-state index contributed by atoms with van der Waals surface area (Å²) in [5.41, 5.74) is -4.36. The van der Waals surface area contributed by atoms with Crippen LogP contribution in [-0.2, 0) is 34.1 Å². The van der Waals surface area contributed by atoms with Gasteiger partial charge in [0, 0.05) is 68.0 Å². The number of fused-ring (bicyclic) bond motifs is 1. The fourth-order valence-corrected chi connectivity index (χ4v) is 12.7. The molecule has 4 saturated heterocycles.